The van der Waals surface area contributed by atoms with Crippen molar-refractivity contribution in [3.63, 3.8) is 0 Å². The van der Waals surface area contributed by atoms with Crippen LogP contribution in [-0.2, 0) is 9.53 Å². The molecule has 2 aromatic carbocycles. The molecule has 0 fully saturated rings. The summed E-state index contributed by atoms with van der Waals surface area (Å²) < 4.78 is 18.9. The van der Waals surface area contributed by atoms with Gasteiger partial charge in [-0.05, 0) is 83.1 Å². The molecule has 39 heavy (non-hydrogen) atoms. The summed E-state index contributed by atoms with van der Waals surface area (Å²) in [6.45, 7) is 5.33. The van der Waals surface area contributed by atoms with Gasteiger partial charge in [-0.15, -0.1) is 0 Å². The lowest BCUT2D eigenvalue weighted by Crippen LogP contribution is -2.39. The summed E-state index contributed by atoms with van der Waals surface area (Å²) >= 11 is 3.47. The zero-order valence-electron chi connectivity index (χ0n) is 20.6. The van der Waals surface area contributed by atoms with E-state index in [4.69, 9.17) is 13.9 Å². The van der Waals surface area contributed by atoms with Crippen LogP contribution in [0, 0.1) is 3.57 Å². The highest BCUT2D eigenvalue weighted by Gasteiger charge is 2.33. The van der Waals surface area contributed by atoms with Crippen molar-refractivity contribution in [2.75, 3.05) is 6.61 Å². The number of thiazole rings is 1. The highest BCUT2D eigenvalue weighted by Crippen LogP contribution is 2.31. The molecule has 1 aliphatic rings. The zero-order valence-corrected chi connectivity index (χ0v) is 23.6. The molecule has 196 valence electrons. The second-order valence-electron chi connectivity index (χ2n) is 8.46. The minimum atomic E-state index is -0.799. The molecule has 5 rings (SSSR count). The highest BCUT2D eigenvalue weighted by molar-refractivity contribution is 14.1. The molecule has 0 bridgehead atoms. The van der Waals surface area contributed by atoms with Crippen LogP contribution in [0.5, 0.6) is 5.75 Å². The summed E-state index contributed by atoms with van der Waals surface area (Å²) in [5, 5.41) is 0. The molecule has 8 nitrogen and oxygen atoms in total. The summed E-state index contributed by atoms with van der Waals surface area (Å²) in [5.41, 5.74) is 1.91. The molecule has 0 saturated carbocycles. The summed E-state index contributed by atoms with van der Waals surface area (Å²) in [6, 6.07) is 16.7. The molecule has 1 atom stereocenters. The molecule has 0 amide bonds. The quantitative estimate of drug-likeness (QED) is 0.127. The summed E-state index contributed by atoms with van der Waals surface area (Å²) in [7, 11) is 0. The van der Waals surface area contributed by atoms with Crippen molar-refractivity contribution in [3.05, 3.63) is 131 Å². The predicted molar refractivity (Wildman–Crippen MR) is 154 cm³/mol. The van der Waals surface area contributed by atoms with Crippen LogP contribution < -0.4 is 19.6 Å². The van der Waals surface area contributed by atoms with Gasteiger partial charge in [0.1, 0.15) is 12.4 Å². The zero-order chi connectivity index (χ0) is 27.5. The Morgan fingerprint density at radius 1 is 1.13 bits per heavy atom. The number of ether oxygens (including phenoxy) is 2. The number of rotatable bonds is 7. The van der Waals surface area contributed by atoms with Gasteiger partial charge in [0.2, 0.25) is 5.76 Å². The SMILES string of the molecule is C=CCOC(=O)C1=C(C)N=c2sc(=Cc3ccc(I)cc3)c(=O)n2C1c1ccc(OC(=O)c2ccco2)cc1. The van der Waals surface area contributed by atoms with Crippen LogP contribution >= 0.6 is 33.9 Å². The Kier molecular flexibility index (Phi) is 7.75. The number of aromatic nitrogens is 1. The van der Waals surface area contributed by atoms with Gasteiger partial charge < -0.3 is 13.9 Å². The van der Waals surface area contributed by atoms with Gasteiger partial charge in [-0.25, -0.2) is 14.6 Å². The molecule has 2 aromatic heterocycles. The number of hydrogen-bond acceptors (Lipinski definition) is 8. The minimum absolute atomic E-state index is 0.0151. The molecule has 0 saturated heterocycles. The van der Waals surface area contributed by atoms with E-state index in [1.165, 1.54) is 34.3 Å². The van der Waals surface area contributed by atoms with Gasteiger partial charge in [0, 0.05) is 3.57 Å². The molecule has 0 radical (unpaired) electrons. The number of halogens is 1. The van der Waals surface area contributed by atoms with Crippen LogP contribution in [-0.4, -0.2) is 23.1 Å². The lowest BCUT2D eigenvalue weighted by Gasteiger charge is -2.24. The average Bonchev–Trinajstić information content (AvgIpc) is 3.57. The lowest BCUT2D eigenvalue weighted by molar-refractivity contribution is -0.138. The van der Waals surface area contributed by atoms with Crippen LogP contribution in [0.3, 0.4) is 0 Å². The Hall–Kier alpha value is -4.03. The Bertz CT molecular complexity index is 1760. The number of esters is 2. The number of nitrogens with zero attached hydrogens (tertiary/aromatic N) is 2. The standard InChI is InChI=1S/C29H21IN2O6S/c1-3-14-37-28(35)24-17(2)31-29-32(26(33)23(39-29)16-18-6-10-20(30)11-7-18)25(24)19-8-12-21(13-9-19)38-27(34)22-5-4-15-36-22/h3-13,15-16,25H,1,14H2,2H3. The normalized spacial score (nSPS) is 14.9. The molecule has 4 aromatic rings. The number of carbonyl (C=O) groups excluding carboxylic acids is 2. The third kappa shape index (κ3) is 5.57. The maximum Gasteiger partial charge on any atom is 0.379 e. The smallest absolute Gasteiger partial charge is 0.379 e. The first-order valence-corrected chi connectivity index (χ1v) is 13.7. The third-order valence-corrected chi connectivity index (χ3v) is 7.57. The van der Waals surface area contributed by atoms with Crippen molar-refractivity contribution in [1.82, 2.24) is 4.57 Å². The van der Waals surface area contributed by atoms with Crippen molar-refractivity contribution < 1.29 is 23.5 Å². The monoisotopic (exact) mass is 652 g/mol. The second-order valence-corrected chi connectivity index (χ2v) is 10.7. The number of allylic oxidation sites excluding steroid dienone is 1. The van der Waals surface area contributed by atoms with Crippen molar-refractivity contribution in [2.45, 2.75) is 13.0 Å². The van der Waals surface area contributed by atoms with E-state index in [1.54, 1.807) is 37.3 Å². The van der Waals surface area contributed by atoms with Crippen molar-refractivity contribution in [3.8, 4) is 5.75 Å². The molecule has 10 heteroatoms. The summed E-state index contributed by atoms with van der Waals surface area (Å²) in [6.07, 6.45) is 4.67. The van der Waals surface area contributed by atoms with Crippen LogP contribution in [0.15, 0.2) is 105 Å². The molecule has 1 aliphatic heterocycles. The molecule has 0 aliphatic carbocycles. The van der Waals surface area contributed by atoms with Gasteiger partial charge in [-0.3, -0.25) is 9.36 Å². The summed E-state index contributed by atoms with van der Waals surface area (Å²) in [5.74, 6) is -0.880. The number of carbonyl (C=O) groups is 2. The van der Waals surface area contributed by atoms with Gasteiger partial charge in [-0.1, -0.05) is 48.3 Å². The largest absolute Gasteiger partial charge is 0.458 e. The first-order valence-electron chi connectivity index (χ1n) is 11.8. The van der Waals surface area contributed by atoms with Crippen LogP contribution in [0.1, 0.15) is 34.6 Å². The molecule has 0 N–H and O–H groups in total. The van der Waals surface area contributed by atoms with E-state index in [0.717, 1.165) is 9.13 Å². The van der Waals surface area contributed by atoms with Crippen molar-refractivity contribution in [1.29, 1.82) is 0 Å². The maximum absolute atomic E-state index is 13.7. The predicted octanol–water partition coefficient (Wildman–Crippen LogP) is 4.38. The highest BCUT2D eigenvalue weighted by atomic mass is 127. The van der Waals surface area contributed by atoms with Gasteiger partial charge >= 0.3 is 11.9 Å². The van der Waals surface area contributed by atoms with E-state index in [0.29, 0.717) is 20.6 Å². The second kappa shape index (κ2) is 11.4. The maximum atomic E-state index is 13.7. The van der Waals surface area contributed by atoms with E-state index >= 15 is 0 Å². The Morgan fingerprint density at radius 2 is 1.87 bits per heavy atom. The number of hydrogen-bond donors (Lipinski definition) is 0. The van der Waals surface area contributed by atoms with Gasteiger partial charge in [0.15, 0.2) is 4.80 Å². The Labute approximate surface area is 240 Å². The lowest BCUT2D eigenvalue weighted by atomic mass is 9.96. The van der Waals surface area contributed by atoms with E-state index in [2.05, 4.69) is 34.2 Å². The molecular formula is C29H21IN2O6S. The van der Waals surface area contributed by atoms with E-state index < -0.39 is 18.0 Å². The van der Waals surface area contributed by atoms with Crippen molar-refractivity contribution >= 4 is 51.9 Å². The van der Waals surface area contributed by atoms with E-state index in [1.807, 2.05) is 30.3 Å². The van der Waals surface area contributed by atoms with Crippen molar-refractivity contribution in [2.24, 2.45) is 4.99 Å². The van der Waals surface area contributed by atoms with Crippen LogP contribution in [0.25, 0.3) is 6.08 Å². The first-order chi connectivity index (χ1) is 18.9. The van der Waals surface area contributed by atoms with Gasteiger partial charge in [0.05, 0.1) is 28.1 Å². The first kappa shape index (κ1) is 26.6. The Balaban J connectivity index is 1.58. The fourth-order valence-electron chi connectivity index (χ4n) is 4.09. The topological polar surface area (TPSA) is 100 Å². The summed E-state index contributed by atoms with van der Waals surface area (Å²) in [4.78, 5) is 44.2. The number of furan rings is 1. The van der Waals surface area contributed by atoms with Gasteiger partial charge in [0.25, 0.3) is 5.56 Å². The van der Waals surface area contributed by atoms with Crippen LogP contribution in [0.4, 0.5) is 0 Å². The molecule has 1 unspecified atom stereocenters. The molecule has 0 spiro atoms. The fraction of sp³-hybridized carbons (Fsp3) is 0.103. The Morgan fingerprint density at radius 3 is 2.54 bits per heavy atom. The average molecular weight is 652 g/mol. The fourth-order valence-corrected chi connectivity index (χ4v) is 5.50. The molecule has 3 heterocycles. The third-order valence-electron chi connectivity index (χ3n) is 5.87. The number of fused-ring (bicyclic) bond motifs is 1. The number of benzene rings is 2. The minimum Gasteiger partial charge on any atom is -0.458 e. The van der Waals surface area contributed by atoms with Crippen LogP contribution in [0.2, 0.25) is 0 Å². The van der Waals surface area contributed by atoms with Gasteiger partial charge in [-0.2, -0.15) is 0 Å². The molecular weight excluding hydrogens is 631 g/mol. The van der Waals surface area contributed by atoms with E-state index in [-0.39, 0.29) is 29.2 Å². The van der Waals surface area contributed by atoms with E-state index in [9.17, 15) is 14.4 Å².